The normalized spacial score (nSPS) is 16.7. The zero-order chi connectivity index (χ0) is 26.1. The van der Waals surface area contributed by atoms with E-state index in [1.54, 1.807) is 36.4 Å². The zero-order valence-electron chi connectivity index (χ0n) is 19.4. The van der Waals surface area contributed by atoms with Gasteiger partial charge in [-0.25, -0.2) is 0 Å². The molecule has 1 atom stereocenters. The smallest absolute Gasteiger partial charge is 0.300 e. The molecule has 1 aromatic heterocycles. The van der Waals surface area contributed by atoms with Crippen molar-refractivity contribution in [3.8, 4) is 5.75 Å². The monoisotopic (exact) mass is 534 g/mol. The molecule has 186 valence electrons. The summed E-state index contributed by atoms with van der Waals surface area (Å²) in [5.41, 5.74) is 2.16. The molecule has 1 aliphatic rings. The van der Waals surface area contributed by atoms with E-state index in [2.05, 4.69) is 5.32 Å². The lowest BCUT2D eigenvalue weighted by molar-refractivity contribution is -0.132. The number of aliphatic hydroxyl groups excluding tert-OH is 1. The summed E-state index contributed by atoms with van der Waals surface area (Å²) in [6.45, 7) is 0. The molecular formula is C28H20Cl2N2O5. The highest BCUT2D eigenvalue weighted by Gasteiger charge is 2.48. The Bertz CT molecular complexity index is 1480. The minimum atomic E-state index is -1.01. The van der Waals surface area contributed by atoms with Crippen LogP contribution in [0.5, 0.6) is 5.75 Å². The van der Waals surface area contributed by atoms with Gasteiger partial charge in [0.1, 0.15) is 17.6 Å². The summed E-state index contributed by atoms with van der Waals surface area (Å²) in [7, 11) is 1.41. The lowest BCUT2D eigenvalue weighted by Gasteiger charge is -2.23. The Morgan fingerprint density at radius 3 is 2.19 bits per heavy atom. The standard InChI is InChI=1S/C28H20Cl2N2O5/c1-36-27-20(29)14-16(15-21(27)30)25(33)23-24(22-8-5-13-37-22)32(28(35)26(23)34)19-11-9-18(10-12-19)31-17-6-3-2-4-7-17/h2-15,24,31,33H,1H3/b25-23-. The number of para-hydroxylation sites is 1. The topological polar surface area (TPSA) is 92.0 Å². The molecule has 0 spiro atoms. The third-order valence-corrected chi connectivity index (χ3v) is 6.50. The van der Waals surface area contributed by atoms with Gasteiger partial charge >= 0.3 is 0 Å². The number of carbonyl (C=O) groups is 2. The van der Waals surface area contributed by atoms with Gasteiger partial charge in [-0.15, -0.1) is 0 Å². The van der Waals surface area contributed by atoms with Gasteiger partial charge in [0.2, 0.25) is 0 Å². The first-order valence-electron chi connectivity index (χ1n) is 11.2. The number of methoxy groups -OCH3 is 1. The minimum Gasteiger partial charge on any atom is -0.507 e. The summed E-state index contributed by atoms with van der Waals surface area (Å²) in [6, 6.07) is 21.7. The van der Waals surface area contributed by atoms with Crippen molar-refractivity contribution in [1.29, 1.82) is 0 Å². The van der Waals surface area contributed by atoms with Crippen molar-refractivity contribution in [3.05, 3.63) is 112 Å². The molecule has 4 aromatic rings. The van der Waals surface area contributed by atoms with E-state index < -0.39 is 23.5 Å². The van der Waals surface area contributed by atoms with Crippen LogP contribution in [-0.2, 0) is 9.59 Å². The lowest BCUT2D eigenvalue weighted by Crippen LogP contribution is -2.29. The number of hydrogen-bond donors (Lipinski definition) is 2. The molecule has 9 heteroatoms. The van der Waals surface area contributed by atoms with Crippen LogP contribution < -0.4 is 15.0 Å². The molecule has 5 rings (SSSR count). The van der Waals surface area contributed by atoms with Crippen LogP contribution in [-0.4, -0.2) is 23.9 Å². The quantitative estimate of drug-likeness (QED) is 0.158. The number of ether oxygens (including phenoxy) is 1. The van der Waals surface area contributed by atoms with Gasteiger partial charge in [0.05, 0.1) is 29.0 Å². The molecule has 1 amide bonds. The van der Waals surface area contributed by atoms with Crippen molar-refractivity contribution < 1.29 is 23.8 Å². The summed E-state index contributed by atoms with van der Waals surface area (Å²) < 4.78 is 10.8. The Hall–Kier alpha value is -4.20. The highest BCUT2D eigenvalue weighted by molar-refractivity contribution is 6.51. The number of amides is 1. The number of ketones is 1. The van der Waals surface area contributed by atoms with Crippen molar-refractivity contribution in [2.75, 3.05) is 17.3 Å². The van der Waals surface area contributed by atoms with Crippen LogP contribution in [0.1, 0.15) is 17.4 Å². The number of furan rings is 1. The SMILES string of the molecule is COc1c(Cl)cc(/C(O)=C2/C(=O)C(=O)N(c3ccc(Nc4ccccc4)cc3)C2c2ccco2)cc1Cl. The van der Waals surface area contributed by atoms with E-state index in [9.17, 15) is 14.7 Å². The Labute approximate surface area is 222 Å². The average Bonchev–Trinajstić information content (AvgIpc) is 3.51. The fraction of sp³-hybridized carbons (Fsp3) is 0.0714. The van der Waals surface area contributed by atoms with Crippen LogP contribution in [0, 0.1) is 0 Å². The number of benzene rings is 3. The van der Waals surface area contributed by atoms with E-state index >= 15 is 0 Å². The van der Waals surface area contributed by atoms with Crippen molar-refractivity contribution in [3.63, 3.8) is 0 Å². The summed E-state index contributed by atoms with van der Waals surface area (Å²) >= 11 is 12.5. The number of hydrogen-bond acceptors (Lipinski definition) is 6. The van der Waals surface area contributed by atoms with Crippen LogP contribution in [0.3, 0.4) is 0 Å². The van der Waals surface area contributed by atoms with Gasteiger partial charge in [0.25, 0.3) is 11.7 Å². The predicted octanol–water partition coefficient (Wildman–Crippen LogP) is 6.96. The predicted molar refractivity (Wildman–Crippen MR) is 143 cm³/mol. The lowest BCUT2D eigenvalue weighted by atomic mass is 9.99. The van der Waals surface area contributed by atoms with Crippen molar-refractivity contribution in [2.24, 2.45) is 0 Å². The molecule has 0 aliphatic carbocycles. The molecule has 2 heterocycles. The van der Waals surface area contributed by atoms with E-state index in [-0.39, 0.29) is 26.9 Å². The first kappa shape index (κ1) is 24.5. The van der Waals surface area contributed by atoms with Gasteiger partial charge in [-0.2, -0.15) is 0 Å². The molecule has 7 nitrogen and oxygen atoms in total. The number of nitrogens with one attached hydrogen (secondary N) is 1. The second-order valence-corrected chi connectivity index (χ2v) is 9.01. The fourth-order valence-electron chi connectivity index (χ4n) is 4.26. The van der Waals surface area contributed by atoms with Crippen LogP contribution in [0.2, 0.25) is 10.0 Å². The van der Waals surface area contributed by atoms with Gasteiger partial charge < -0.3 is 19.6 Å². The van der Waals surface area contributed by atoms with Crippen molar-refractivity contribution >= 4 is 57.7 Å². The number of anilines is 3. The molecule has 0 saturated carbocycles. The molecule has 1 fully saturated rings. The van der Waals surface area contributed by atoms with E-state index in [0.717, 1.165) is 11.4 Å². The molecule has 1 unspecified atom stereocenters. The van der Waals surface area contributed by atoms with E-state index in [1.807, 2.05) is 30.3 Å². The van der Waals surface area contributed by atoms with E-state index in [1.165, 1.54) is 30.4 Å². The Morgan fingerprint density at radius 1 is 0.946 bits per heavy atom. The summed E-state index contributed by atoms with van der Waals surface area (Å²) in [6.07, 6.45) is 1.43. The van der Waals surface area contributed by atoms with Crippen LogP contribution >= 0.6 is 23.2 Å². The maximum Gasteiger partial charge on any atom is 0.300 e. The maximum absolute atomic E-state index is 13.3. The van der Waals surface area contributed by atoms with Crippen LogP contribution in [0.15, 0.2) is 95.1 Å². The van der Waals surface area contributed by atoms with Crippen LogP contribution in [0.4, 0.5) is 17.1 Å². The van der Waals surface area contributed by atoms with Gasteiger partial charge in [0, 0.05) is 22.6 Å². The van der Waals surface area contributed by atoms with E-state index in [0.29, 0.717) is 11.4 Å². The maximum atomic E-state index is 13.3. The van der Waals surface area contributed by atoms with Gasteiger partial charge in [-0.05, 0) is 60.7 Å². The highest BCUT2D eigenvalue weighted by Crippen LogP contribution is 2.44. The first-order valence-corrected chi connectivity index (χ1v) is 11.9. The minimum absolute atomic E-state index is 0.141. The van der Waals surface area contributed by atoms with E-state index in [4.69, 9.17) is 32.4 Å². The molecule has 0 bridgehead atoms. The number of rotatable bonds is 6. The zero-order valence-corrected chi connectivity index (χ0v) is 21.0. The molecular weight excluding hydrogens is 515 g/mol. The third-order valence-electron chi connectivity index (χ3n) is 5.94. The number of carbonyl (C=O) groups excluding carboxylic acids is 2. The van der Waals surface area contributed by atoms with Crippen LogP contribution in [0.25, 0.3) is 5.76 Å². The molecule has 3 aromatic carbocycles. The molecule has 1 saturated heterocycles. The van der Waals surface area contributed by atoms with Crippen molar-refractivity contribution in [2.45, 2.75) is 6.04 Å². The Kier molecular flexibility index (Phi) is 6.65. The first-order chi connectivity index (χ1) is 17.9. The highest BCUT2D eigenvalue weighted by atomic mass is 35.5. The second kappa shape index (κ2) is 10.0. The van der Waals surface area contributed by atoms with Crippen molar-refractivity contribution in [1.82, 2.24) is 0 Å². The molecule has 37 heavy (non-hydrogen) atoms. The fourth-order valence-corrected chi connectivity index (χ4v) is 4.90. The number of Topliss-reactive ketones (excluding diaryl/α,β-unsaturated/α-hetero) is 1. The summed E-state index contributed by atoms with van der Waals surface area (Å²) in [5.74, 6) is -1.58. The third kappa shape index (κ3) is 4.55. The average molecular weight is 535 g/mol. The number of aliphatic hydroxyl groups is 1. The molecule has 2 N–H and O–H groups in total. The number of nitrogens with zero attached hydrogens (tertiary/aromatic N) is 1. The summed E-state index contributed by atoms with van der Waals surface area (Å²) in [5, 5.41) is 14.8. The Balaban J connectivity index is 1.57. The van der Waals surface area contributed by atoms with Gasteiger partial charge in [-0.3, -0.25) is 14.5 Å². The largest absolute Gasteiger partial charge is 0.507 e. The van der Waals surface area contributed by atoms with Gasteiger partial charge in [0.15, 0.2) is 5.75 Å². The molecule has 0 radical (unpaired) electrons. The Morgan fingerprint density at radius 2 is 1.59 bits per heavy atom. The molecule has 1 aliphatic heterocycles. The summed E-state index contributed by atoms with van der Waals surface area (Å²) in [4.78, 5) is 27.8. The second-order valence-electron chi connectivity index (χ2n) is 8.20. The number of halogens is 2. The van der Waals surface area contributed by atoms with Gasteiger partial charge in [-0.1, -0.05) is 41.4 Å².